The molecule has 10 heterocycles. The normalized spacial score (nSPS) is 19.3. The van der Waals surface area contributed by atoms with Gasteiger partial charge in [-0.2, -0.15) is 0 Å². The molecule has 13 rings (SSSR count). The summed E-state index contributed by atoms with van der Waals surface area (Å²) in [7, 11) is 0. The zero-order chi connectivity index (χ0) is 90.0. The minimum atomic E-state index is -2.59. The number of rotatable bonds is 18. The van der Waals surface area contributed by atoms with Crippen molar-refractivity contribution in [3.05, 3.63) is 117 Å². The number of nitrogens with zero attached hydrogens (tertiary/aromatic N) is 10. The van der Waals surface area contributed by atoms with Crippen LogP contribution in [0.2, 0.25) is 39.1 Å². The van der Waals surface area contributed by atoms with Gasteiger partial charge in [-0.05, 0) is 172 Å². The van der Waals surface area contributed by atoms with Gasteiger partial charge in [0.25, 0.3) is 0 Å². The number of nitrogens with one attached hydrogen (secondary N) is 2. The summed E-state index contributed by atoms with van der Waals surface area (Å²) in [4.78, 5) is 88.7. The van der Waals surface area contributed by atoms with Crippen LogP contribution in [0.1, 0.15) is 243 Å². The number of hydrogen-bond donors (Lipinski definition) is 6. The van der Waals surface area contributed by atoms with Crippen molar-refractivity contribution in [3.63, 3.8) is 0 Å². The molecule has 0 radical (unpaired) electrons. The molecule has 7 aliphatic rings. The molecule has 4 aliphatic heterocycles. The van der Waals surface area contributed by atoms with E-state index in [9.17, 15) is 65.6 Å². The average Bonchev–Trinajstić information content (AvgIpc) is 1.22. The Kier molecular flexibility index (Phi) is 41.7. The Morgan fingerprint density at radius 2 is 0.787 bits per heavy atom. The number of aliphatic hydroxyl groups is 3. The van der Waals surface area contributed by atoms with Crippen LogP contribution < -0.4 is 19.4 Å². The minimum absolute atomic E-state index is 0.00346. The first-order valence-electron chi connectivity index (χ1n) is 42.4. The number of carbonyl (C=O) groups is 5. The summed E-state index contributed by atoms with van der Waals surface area (Å²) in [5, 5.41) is 46.1. The van der Waals surface area contributed by atoms with Crippen molar-refractivity contribution in [3.8, 4) is 10.7 Å². The summed E-state index contributed by atoms with van der Waals surface area (Å²) < 4.78 is 85.6. The van der Waals surface area contributed by atoms with Crippen LogP contribution in [-0.4, -0.2) is 201 Å². The predicted octanol–water partition coefficient (Wildman–Crippen LogP) is 20.3. The first-order valence-corrected chi connectivity index (χ1v) is 54.6. The molecule has 21 nitrogen and oxygen atoms in total. The number of alkyl halides is 6. The van der Waals surface area contributed by atoms with Crippen LogP contribution in [0.4, 0.5) is 38.0 Å². The van der Waals surface area contributed by atoms with Crippen molar-refractivity contribution in [2.24, 2.45) is 5.73 Å². The van der Waals surface area contributed by atoms with E-state index in [2.05, 4.69) is 86.2 Å². The van der Waals surface area contributed by atoms with Gasteiger partial charge >= 0.3 is 128 Å². The molecule has 4 saturated heterocycles. The maximum absolute atomic E-state index is 13.5. The quantitative estimate of drug-likeness (QED) is 0.0202. The van der Waals surface area contributed by atoms with Gasteiger partial charge in [0.05, 0.1) is 16.8 Å². The van der Waals surface area contributed by atoms with Crippen LogP contribution in [-0.2, 0) is 40.8 Å². The third-order valence-corrected chi connectivity index (χ3v) is 44.8. The summed E-state index contributed by atoms with van der Waals surface area (Å²) in [6.07, 6.45) is 14.0. The second-order valence-corrected chi connectivity index (χ2v) is 52.1. The number of likely N-dealkylation sites (tertiary alicyclic amines) is 4. The van der Waals surface area contributed by atoms with Crippen LogP contribution >= 0.6 is 103 Å². The molecule has 7 N–H and O–H groups in total. The van der Waals surface area contributed by atoms with Crippen LogP contribution in [0.15, 0.2) is 59.3 Å². The van der Waals surface area contributed by atoms with E-state index in [-0.39, 0.29) is 102 Å². The number of amides is 4. The second kappa shape index (κ2) is 48.7. The van der Waals surface area contributed by atoms with Gasteiger partial charge in [-0.3, -0.25) is 24.0 Å². The summed E-state index contributed by atoms with van der Waals surface area (Å²) in [6, 6.07) is 13.6. The Morgan fingerprint density at radius 1 is 0.467 bits per heavy atom. The van der Waals surface area contributed by atoms with Crippen molar-refractivity contribution in [2.75, 3.05) is 63.0 Å². The second-order valence-electron chi connectivity index (χ2n) is 33.2. The fourth-order valence-corrected chi connectivity index (χ4v) is 38.0. The smallest absolute Gasteiger partial charge is 0.248 e. The van der Waals surface area contributed by atoms with Crippen molar-refractivity contribution in [1.82, 2.24) is 49.5 Å². The van der Waals surface area contributed by atoms with Crippen molar-refractivity contribution >= 4 is 166 Å². The number of aryl methyl sites for hydroxylation is 2. The van der Waals surface area contributed by atoms with Crippen molar-refractivity contribution < 1.29 is 65.6 Å². The molecule has 7 fully saturated rings. The number of thiazole rings is 2. The summed E-state index contributed by atoms with van der Waals surface area (Å²) >= 11 is 32.3. The number of aromatic nitrogens is 6. The molecule has 122 heavy (non-hydrogen) atoms. The topological polar surface area (TPSA) is 286 Å². The van der Waals surface area contributed by atoms with Crippen molar-refractivity contribution in [2.45, 2.75) is 295 Å². The third-order valence-electron chi connectivity index (χ3n) is 23.4. The van der Waals surface area contributed by atoms with E-state index in [0.717, 1.165) is 19.8 Å². The summed E-state index contributed by atoms with van der Waals surface area (Å²) in [5.74, 6) is -6.14. The number of pyridine rings is 4. The van der Waals surface area contributed by atoms with Gasteiger partial charge in [0.1, 0.15) is 53.9 Å². The Labute approximate surface area is 765 Å². The van der Waals surface area contributed by atoms with E-state index in [1.54, 1.807) is 59.0 Å². The molecule has 6 aromatic rings. The first kappa shape index (κ1) is 104. The SMILES string of the molecule is CC(=O)N1CCC(=O)CC1.CC(=O)N1CCC(O)(c2cc(Cl)nc(Cl)c2)CC1.CC(=O)N1CCC(O)(c2cc(Cl)nc(NC3CCC(F)(F)CC3)c2)CC1.CC(=O)N1CCC(O)(c2cc(NC3CCC(F)(F)CC3)nc(-c3nc(C)cs3)c2)CC1.CCC[CH2][Sn]([CH2]CCC)([CH2]CCC)[c]1nc(C)cs1.Clc1cc(I)cc(Cl)n1.NC1CCC(F)(F)CC1. The van der Waals surface area contributed by atoms with Gasteiger partial charge in [0, 0.05) is 164 Å². The number of unbranched alkanes of at least 4 members (excludes halogenated alkanes) is 3. The monoisotopic (exact) mass is 2060 g/mol. The summed E-state index contributed by atoms with van der Waals surface area (Å²) in [5.41, 5.74) is 7.11. The Morgan fingerprint density at radius 3 is 1.11 bits per heavy atom. The number of ketones is 1. The van der Waals surface area contributed by atoms with Gasteiger partial charge in [-0.25, -0.2) is 51.3 Å². The number of nitrogens with two attached hydrogens (primary N) is 1. The molecule has 0 unspecified atom stereocenters. The fourth-order valence-electron chi connectivity index (χ4n) is 15.7. The molecule has 0 aromatic carbocycles. The zero-order valence-electron chi connectivity index (χ0n) is 71.5. The van der Waals surface area contributed by atoms with Crippen LogP contribution in [0.5, 0.6) is 0 Å². The molecule has 4 amide bonds. The fraction of sp³-hybridized carbons (Fsp3) is 0.640. The predicted molar refractivity (Wildman–Crippen MR) is 488 cm³/mol. The largest absolute Gasteiger partial charge is 0.328 e. The van der Waals surface area contributed by atoms with Crippen LogP contribution in [0.3, 0.4) is 0 Å². The number of piperidine rings is 4. The van der Waals surface area contributed by atoms with E-state index < -0.39 is 52.9 Å². The van der Waals surface area contributed by atoms with E-state index in [0.29, 0.717) is 181 Å². The van der Waals surface area contributed by atoms with Gasteiger partial charge in [0.2, 0.25) is 41.4 Å². The number of hydrogen-bond acceptors (Lipinski definition) is 19. The standard InChI is InChI=1S/C22H28F2N4O2S.C18H24ClF2N3O2.C12H14Cl2N2O2.C7H11NO2.C6H11F2N.C5H2Cl2IN.C4H4NS.3C4H9.Sn/c1-14-13-31-20(25-14)18-11-16(21(30)7-9-28(10-8-21)15(2)29)12-19(27-18)26-17-3-5-22(23,24)6-4-17;1-12(25)24-8-6-17(26,7-9-24)13-10-15(19)23-16(11-13)22-14-2-4-18(20,21)5-3-14;1-8(17)16-4-2-12(18,3-5-16)9-6-10(13)15-11(14)7-9;1-6(9)8-4-2-7(10)3-5-8;7-6(8)3-1-5(9)2-4-6;6-4-1-3(8)2-5(7)9-4;1-4-2-6-3-5-4;3*1-3-4-2;/h11-13,17,30H,3-10H2,1-2H3,(H,26,27);10-11,14,26H,2-9H2,1H3,(H,22,23);6-7,18H,2-5H2,1H3;2-5H2,1H3;5H,1-4,9H2;1-2H;2H,1H3;3*1,3-4H2,2H3;. The molecule has 3 saturated carbocycles. The minimum Gasteiger partial charge on any atom is -0.328 e. The zero-order valence-corrected chi connectivity index (χ0v) is 81.9. The van der Waals surface area contributed by atoms with E-state index in [1.165, 1.54) is 96.6 Å². The molecule has 36 heteroatoms. The van der Waals surface area contributed by atoms with Crippen LogP contribution in [0, 0.1) is 17.4 Å². The Balaban J connectivity index is 0.000000205. The van der Waals surface area contributed by atoms with E-state index in [1.807, 2.05) is 35.8 Å². The van der Waals surface area contributed by atoms with Crippen LogP contribution in [0.25, 0.3) is 10.7 Å². The average molecular weight is 2070 g/mol. The maximum atomic E-state index is 13.5. The van der Waals surface area contributed by atoms with Gasteiger partial charge < -0.3 is 51.3 Å². The maximum Gasteiger partial charge on any atom is 0.248 e. The van der Waals surface area contributed by atoms with E-state index >= 15 is 0 Å². The number of halogens is 12. The molecular weight excluding hydrogens is 1940 g/mol. The molecule has 3 aliphatic carbocycles. The van der Waals surface area contributed by atoms with Gasteiger partial charge in [-0.1, -0.05) is 58.0 Å². The molecule has 0 atom stereocenters. The summed E-state index contributed by atoms with van der Waals surface area (Å²) in [6.45, 7) is 21.4. The Bertz CT molecular complexity index is 4240. The van der Waals surface area contributed by atoms with Crippen molar-refractivity contribution in [1.29, 1.82) is 0 Å². The van der Waals surface area contributed by atoms with E-state index in [4.69, 9.17) is 73.7 Å². The number of Topliss-reactive ketones (excluding diaryl/α,β-unsaturated/α-hetero) is 1. The molecule has 678 valence electrons. The third kappa shape index (κ3) is 34.1. The molecular formula is C86H121Cl5F6IN13O8S2Sn. The number of anilines is 2. The first-order chi connectivity index (χ1) is 57.4. The van der Waals surface area contributed by atoms with Gasteiger partial charge in [0.15, 0.2) is 0 Å². The molecule has 6 aromatic heterocycles. The number of carbonyl (C=O) groups excluding carboxylic acids is 5. The molecule has 0 spiro atoms. The molecule has 0 bridgehead atoms. The Hall–Kier alpha value is -4.59. The van der Waals surface area contributed by atoms with Gasteiger partial charge in [-0.15, -0.1) is 11.3 Å².